The van der Waals surface area contributed by atoms with Crippen molar-refractivity contribution in [2.24, 2.45) is 35.0 Å². The van der Waals surface area contributed by atoms with Crippen molar-refractivity contribution >= 4 is 0 Å². The summed E-state index contributed by atoms with van der Waals surface area (Å²) in [6.45, 7) is 0. The molecule has 4 aliphatic carbocycles. The SMILES string of the molecule is OC(CC1c2ccccc2-c2cncn21)C12CC3CC4CC(C1)C2C3C4. The normalized spacial score (nSPS) is 44.5. The van der Waals surface area contributed by atoms with Crippen LogP contribution in [-0.4, -0.2) is 20.8 Å². The van der Waals surface area contributed by atoms with E-state index in [1.54, 1.807) is 0 Å². The van der Waals surface area contributed by atoms with Gasteiger partial charge < -0.3 is 9.67 Å². The fourth-order valence-electron chi connectivity index (χ4n) is 8.46. The molecule has 2 aromatic rings. The molecule has 7 rings (SSSR count). The van der Waals surface area contributed by atoms with Crippen LogP contribution in [0.5, 0.6) is 0 Å². The van der Waals surface area contributed by atoms with Crippen LogP contribution in [0.3, 0.4) is 0 Å². The maximum atomic E-state index is 11.5. The highest BCUT2D eigenvalue weighted by Crippen LogP contribution is 2.75. The van der Waals surface area contributed by atoms with Crippen LogP contribution in [0.4, 0.5) is 0 Å². The van der Waals surface area contributed by atoms with E-state index in [0.717, 1.165) is 36.0 Å². The molecule has 8 atom stereocenters. The fourth-order valence-corrected chi connectivity index (χ4v) is 8.46. The Morgan fingerprint density at radius 3 is 2.96 bits per heavy atom. The zero-order chi connectivity index (χ0) is 17.0. The van der Waals surface area contributed by atoms with Crippen LogP contribution >= 0.6 is 0 Å². The molecule has 2 bridgehead atoms. The number of nitrogens with zero attached hydrogens (tertiary/aromatic N) is 2. The van der Waals surface area contributed by atoms with E-state index in [2.05, 4.69) is 33.8 Å². The summed E-state index contributed by atoms with van der Waals surface area (Å²) >= 11 is 0. The minimum absolute atomic E-state index is 0.169. The summed E-state index contributed by atoms with van der Waals surface area (Å²) in [5.41, 5.74) is 4.13. The molecule has 8 unspecified atom stereocenters. The monoisotopic (exact) mass is 346 g/mol. The molecule has 1 aromatic carbocycles. The van der Waals surface area contributed by atoms with Gasteiger partial charge in [0.25, 0.3) is 0 Å². The summed E-state index contributed by atoms with van der Waals surface area (Å²) in [5.74, 6) is 4.66. The number of aliphatic hydroxyl groups is 1. The minimum atomic E-state index is -0.169. The van der Waals surface area contributed by atoms with Crippen molar-refractivity contribution in [1.82, 2.24) is 9.55 Å². The number of hydrogen-bond acceptors (Lipinski definition) is 2. The molecular weight excluding hydrogens is 320 g/mol. The predicted octanol–water partition coefficient (Wildman–Crippen LogP) is 4.28. The zero-order valence-electron chi connectivity index (χ0n) is 15.1. The highest BCUT2D eigenvalue weighted by molar-refractivity contribution is 5.68. The van der Waals surface area contributed by atoms with Crippen LogP contribution in [0.2, 0.25) is 0 Å². The van der Waals surface area contributed by atoms with Crippen LogP contribution in [0, 0.1) is 35.0 Å². The predicted molar refractivity (Wildman–Crippen MR) is 99.4 cm³/mol. The summed E-state index contributed by atoms with van der Waals surface area (Å²) in [5, 5.41) is 11.5. The Morgan fingerprint density at radius 1 is 1.15 bits per heavy atom. The van der Waals surface area contributed by atoms with Crippen LogP contribution in [0.15, 0.2) is 36.8 Å². The van der Waals surface area contributed by atoms with E-state index in [0.29, 0.717) is 0 Å². The van der Waals surface area contributed by atoms with Gasteiger partial charge in [-0.1, -0.05) is 24.3 Å². The molecule has 26 heavy (non-hydrogen) atoms. The lowest BCUT2D eigenvalue weighted by Gasteiger charge is -2.59. The van der Waals surface area contributed by atoms with E-state index in [-0.39, 0.29) is 17.6 Å². The van der Waals surface area contributed by atoms with Crippen LogP contribution in [-0.2, 0) is 0 Å². The molecule has 3 heteroatoms. The molecule has 0 amide bonds. The number of benzene rings is 1. The lowest BCUT2D eigenvalue weighted by atomic mass is 9.47. The molecule has 2 heterocycles. The Hall–Kier alpha value is -1.61. The Balaban J connectivity index is 1.23. The molecule has 4 fully saturated rings. The van der Waals surface area contributed by atoms with E-state index in [9.17, 15) is 5.11 Å². The topological polar surface area (TPSA) is 38.1 Å². The number of imidazole rings is 1. The summed E-state index contributed by atoms with van der Waals surface area (Å²) in [6, 6.07) is 8.95. The second-order valence-corrected chi connectivity index (χ2v) is 9.97. The van der Waals surface area contributed by atoms with Gasteiger partial charge in [0.05, 0.1) is 30.4 Å². The van der Waals surface area contributed by atoms with Crippen molar-refractivity contribution in [2.45, 2.75) is 50.7 Å². The molecule has 5 aliphatic rings. The molecule has 4 saturated carbocycles. The third-order valence-electron chi connectivity index (χ3n) is 9.11. The fraction of sp³-hybridized carbons (Fsp3) is 0.609. The highest BCUT2D eigenvalue weighted by atomic mass is 16.3. The number of fused-ring (bicyclic) bond motifs is 4. The molecule has 3 nitrogen and oxygen atoms in total. The van der Waals surface area contributed by atoms with Gasteiger partial charge >= 0.3 is 0 Å². The summed E-state index contributed by atoms with van der Waals surface area (Å²) in [4.78, 5) is 4.39. The van der Waals surface area contributed by atoms with Crippen LogP contribution in [0.1, 0.15) is 50.1 Å². The third kappa shape index (κ3) is 1.55. The number of aliphatic hydroxyl groups excluding tert-OH is 1. The quantitative estimate of drug-likeness (QED) is 0.901. The van der Waals surface area contributed by atoms with E-state index in [1.165, 1.54) is 48.9 Å². The molecule has 134 valence electrons. The van der Waals surface area contributed by atoms with Gasteiger partial charge in [-0.05, 0) is 73.7 Å². The first kappa shape index (κ1) is 14.4. The Labute approximate surface area is 154 Å². The first-order valence-corrected chi connectivity index (χ1v) is 10.5. The highest BCUT2D eigenvalue weighted by Gasteiger charge is 2.70. The van der Waals surface area contributed by atoms with Crippen molar-refractivity contribution in [2.75, 3.05) is 0 Å². The van der Waals surface area contributed by atoms with E-state index < -0.39 is 0 Å². The summed E-state index contributed by atoms with van der Waals surface area (Å²) < 4.78 is 2.30. The van der Waals surface area contributed by atoms with Gasteiger partial charge in [0.15, 0.2) is 0 Å². The van der Waals surface area contributed by atoms with Crippen LogP contribution < -0.4 is 0 Å². The van der Waals surface area contributed by atoms with Gasteiger partial charge in [0.2, 0.25) is 0 Å². The van der Waals surface area contributed by atoms with E-state index >= 15 is 0 Å². The maximum absolute atomic E-state index is 11.5. The molecule has 1 N–H and O–H groups in total. The average Bonchev–Trinajstić information content (AvgIpc) is 3.31. The van der Waals surface area contributed by atoms with Crippen LogP contribution in [0.25, 0.3) is 11.3 Å². The zero-order valence-corrected chi connectivity index (χ0v) is 15.1. The number of rotatable bonds is 3. The first-order valence-electron chi connectivity index (χ1n) is 10.5. The van der Waals surface area contributed by atoms with Gasteiger partial charge in [0.1, 0.15) is 0 Å². The largest absolute Gasteiger partial charge is 0.392 e. The maximum Gasteiger partial charge on any atom is 0.0956 e. The standard InChI is InChI=1S/C23H26N2O/c26-21(23-9-14-5-13-6-15(10-23)22(23)18(14)7-13)8-19-16-3-1-2-4-17(16)20-11-24-12-25(19)20/h1-4,11-15,18-19,21-22,26H,5-10H2. The molecule has 1 aliphatic heterocycles. The van der Waals surface area contributed by atoms with Gasteiger partial charge in [-0.25, -0.2) is 4.98 Å². The number of hydrogen-bond donors (Lipinski definition) is 1. The average molecular weight is 346 g/mol. The number of aromatic nitrogens is 2. The lowest BCUT2D eigenvalue weighted by Crippen LogP contribution is -2.56. The van der Waals surface area contributed by atoms with Crippen molar-refractivity contribution in [3.05, 3.63) is 42.4 Å². The van der Waals surface area contributed by atoms with Gasteiger partial charge in [-0.3, -0.25) is 0 Å². The van der Waals surface area contributed by atoms with Crippen molar-refractivity contribution < 1.29 is 5.11 Å². The Morgan fingerprint density at radius 2 is 2.00 bits per heavy atom. The van der Waals surface area contributed by atoms with Crippen molar-refractivity contribution in [3.63, 3.8) is 0 Å². The summed E-state index contributed by atoms with van der Waals surface area (Å²) in [7, 11) is 0. The second kappa shape index (κ2) is 4.62. The van der Waals surface area contributed by atoms with Crippen molar-refractivity contribution in [1.29, 1.82) is 0 Å². The first-order chi connectivity index (χ1) is 12.7. The molecule has 1 aromatic heterocycles. The molecule has 0 spiro atoms. The minimum Gasteiger partial charge on any atom is -0.392 e. The van der Waals surface area contributed by atoms with Gasteiger partial charge in [-0.2, -0.15) is 0 Å². The third-order valence-corrected chi connectivity index (χ3v) is 9.11. The second-order valence-electron chi connectivity index (χ2n) is 9.97. The van der Waals surface area contributed by atoms with Gasteiger partial charge in [-0.15, -0.1) is 0 Å². The van der Waals surface area contributed by atoms with Gasteiger partial charge in [0, 0.05) is 11.0 Å². The lowest BCUT2D eigenvalue weighted by molar-refractivity contribution is -0.149. The molecular formula is C23H26N2O. The Bertz CT molecular complexity index is 898. The molecule has 0 radical (unpaired) electrons. The van der Waals surface area contributed by atoms with E-state index in [4.69, 9.17) is 0 Å². The molecule has 0 saturated heterocycles. The van der Waals surface area contributed by atoms with Crippen molar-refractivity contribution in [3.8, 4) is 11.3 Å². The smallest absolute Gasteiger partial charge is 0.0956 e. The summed E-state index contributed by atoms with van der Waals surface area (Å²) in [6.07, 6.45) is 11.6. The van der Waals surface area contributed by atoms with E-state index in [1.807, 2.05) is 12.5 Å². The Kier molecular flexibility index (Phi) is 2.57.